The Balaban J connectivity index is 2.22. The topological polar surface area (TPSA) is 26.3 Å². The normalized spacial score (nSPS) is 10.1. The van der Waals surface area contributed by atoms with Crippen molar-refractivity contribution in [1.82, 2.24) is 0 Å². The van der Waals surface area contributed by atoms with Gasteiger partial charge in [-0.2, -0.15) is 0 Å². The van der Waals surface area contributed by atoms with E-state index in [9.17, 15) is 4.79 Å². The fraction of sp³-hybridized carbons (Fsp3) is 0.118. The summed E-state index contributed by atoms with van der Waals surface area (Å²) in [6.07, 6.45) is 2.05. The van der Waals surface area contributed by atoms with Gasteiger partial charge in [0.05, 0.1) is 12.7 Å². The molecular weight excluding hydrogens is 268 g/mol. The summed E-state index contributed by atoms with van der Waals surface area (Å²) in [7, 11) is 1.38. The molecule has 3 heteroatoms. The van der Waals surface area contributed by atoms with E-state index in [-0.39, 0.29) is 5.97 Å². The van der Waals surface area contributed by atoms with Crippen LogP contribution in [0.15, 0.2) is 60.0 Å². The highest BCUT2D eigenvalue weighted by Crippen LogP contribution is 2.24. The zero-order chi connectivity index (χ0) is 14.5. The Labute approximate surface area is 123 Å². The molecule has 0 fully saturated rings. The lowest BCUT2D eigenvalue weighted by Crippen LogP contribution is -2.00. The molecule has 2 aromatic carbocycles. The number of hydrogen-bond donors (Lipinski definition) is 0. The van der Waals surface area contributed by atoms with Crippen molar-refractivity contribution in [3.8, 4) is 0 Å². The highest BCUT2D eigenvalue weighted by molar-refractivity contribution is 7.98. The van der Waals surface area contributed by atoms with Gasteiger partial charge in [0.1, 0.15) is 0 Å². The van der Waals surface area contributed by atoms with Gasteiger partial charge in [-0.25, -0.2) is 4.79 Å². The third-order valence-corrected chi connectivity index (χ3v) is 3.84. The Morgan fingerprint density at radius 3 is 1.85 bits per heavy atom. The summed E-state index contributed by atoms with van der Waals surface area (Å²) >= 11 is 1.71. The van der Waals surface area contributed by atoms with E-state index >= 15 is 0 Å². The molecular formula is C17H16O2S. The lowest BCUT2D eigenvalue weighted by Gasteiger charge is -2.08. The van der Waals surface area contributed by atoms with Gasteiger partial charge in [0.2, 0.25) is 0 Å². The maximum absolute atomic E-state index is 11.4. The zero-order valence-electron chi connectivity index (χ0n) is 11.6. The van der Waals surface area contributed by atoms with Gasteiger partial charge in [0, 0.05) is 4.90 Å². The Kier molecular flexibility index (Phi) is 4.64. The largest absolute Gasteiger partial charge is 0.465 e. The van der Waals surface area contributed by atoms with E-state index in [1.807, 2.05) is 12.1 Å². The molecule has 2 aromatic rings. The molecule has 0 heterocycles. The third-order valence-electron chi connectivity index (χ3n) is 3.09. The highest BCUT2D eigenvalue weighted by Gasteiger charge is 2.07. The van der Waals surface area contributed by atoms with Gasteiger partial charge in [0.25, 0.3) is 0 Å². The van der Waals surface area contributed by atoms with Gasteiger partial charge in [-0.05, 0) is 47.2 Å². The van der Waals surface area contributed by atoms with Crippen LogP contribution in [0.1, 0.15) is 21.5 Å². The van der Waals surface area contributed by atoms with Crippen LogP contribution < -0.4 is 0 Å². The van der Waals surface area contributed by atoms with E-state index < -0.39 is 0 Å². The fourth-order valence-corrected chi connectivity index (χ4v) is 2.29. The van der Waals surface area contributed by atoms with Crippen molar-refractivity contribution < 1.29 is 9.53 Å². The second-order valence-electron chi connectivity index (χ2n) is 4.28. The summed E-state index contributed by atoms with van der Waals surface area (Å²) in [4.78, 5) is 12.6. The zero-order valence-corrected chi connectivity index (χ0v) is 12.4. The Morgan fingerprint density at radius 2 is 1.40 bits per heavy atom. The Bertz CT molecular complexity index is 612. The van der Waals surface area contributed by atoms with Crippen molar-refractivity contribution in [1.29, 1.82) is 0 Å². The van der Waals surface area contributed by atoms with Gasteiger partial charge < -0.3 is 4.74 Å². The van der Waals surface area contributed by atoms with Crippen LogP contribution in [0.25, 0.3) is 5.57 Å². The SMILES string of the molecule is C=C(c1ccc(SC)cc1)c1ccc(C(=O)OC)cc1. The molecule has 0 unspecified atom stereocenters. The summed E-state index contributed by atoms with van der Waals surface area (Å²) in [5.41, 5.74) is 3.55. The smallest absolute Gasteiger partial charge is 0.337 e. The second kappa shape index (κ2) is 6.44. The number of methoxy groups -OCH3 is 1. The fourth-order valence-electron chi connectivity index (χ4n) is 1.88. The molecule has 102 valence electrons. The molecule has 0 saturated carbocycles. The average molecular weight is 284 g/mol. The van der Waals surface area contributed by atoms with Crippen LogP contribution in [-0.4, -0.2) is 19.3 Å². The number of thioether (sulfide) groups is 1. The predicted molar refractivity (Wildman–Crippen MR) is 84.1 cm³/mol. The molecule has 0 bridgehead atoms. The maximum atomic E-state index is 11.4. The van der Waals surface area contributed by atoms with Crippen molar-refractivity contribution in [2.75, 3.05) is 13.4 Å². The van der Waals surface area contributed by atoms with Gasteiger partial charge in [0.15, 0.2) is 0 Å². The summed E-state index contributed by atoms with van der Waals surface area (Å²) in [5, 5.41) is 0. The number of carbonyl (C=O) groups excluding carboxylic acids is 1. The maximum Gasteiger partial charge on any atom is 0.337 e. The van der Waals surface area contributed by atoms with E-state index in [0.29, 0.717) is 5.56 Å². The van der Waals surface area contributed by atoms with E-state index in [4.69, 9.17) is 0 Å². The number of ether oxygens (including phenoxy) is 1. The molecule has 2 nitrogen and oxygen atoms in total. The first-order chi connectivity index (χ1) is 9.65. The lowest BCUT2D eigenvalue weighted by molar-refractivity contribution is 0.0601. The minimum absolute atomic E-state index is 0.327. The molecule has 2 rings (SSSR count). The quantitative estimate of drug-likeness (QED) is 0.620. The number of carbonyl (C=O) groups is 1. The summed E-state index contributed by atoms with van der Waals surface area (Å²) in [5.74, 6) is -0.327. The highest BCUT2D eigenvalue weighted by atomic mass is 32.2. The van der Waals surface area contributed by atoms with Crippen LogP contribution in [-0.2, 0) is 4.74 Å². The number of rotatable bonds is 4. The first-order valence-corrected chi connectivity index (χ1v) is 7.40. The first-order valence-electron chi connectivity index (χ1n) is 6.18. The summed E-state index contributed by atoms with van der Waals surface area (Å²) in [6, 6.07) is 15.5. The van der Waals surface area contributed by atoms with Crippen molar-refractivity contribution >= 4 is 23.3 Å². The molecule has 0 amide bonds. The van der Waals surface area contributed by atoms with Crippen LogP contribution in [0, 0.1) is 0 Å². The van der Waals surface area contributed by atoms with Gasteiger partial charge in [-0.15, -0.1) is 11.8 Å². The van der Waals surface area contributed by atoms with Crippen molar-refractivity contribution in [2.45, 2.75) is 4.90 Å². The van der Waals surface area contributed by atoms with Crippen molar-refractivity contribution in [3.63, 3.8) is 0 Å². The Hall–Kier alpha value is -2.00. The molecule has 0 aliphatic heterocycles. The summed E-state index contributed by atoms with van der Waals surface area (Å²) < 4.78 is 4.68. The minimum Gasteiger partial charge on any atom is -0.465 e. The standard InChI is InChI=1S/C17H16O2S/c1-12(14-8-10-16(20-3)11-9-14)13-4-6-15(7-5-13)17(18)19-2/h4-11H,1H2,2-3H3. The number of hydrogen-bond acceptors (Lipinski definition) is 3. The first kappa shape index (κ1) is 14.4. The van der Waals surface area contributed by atoms with Crippen LogP contribution in [0.3, 0.4) is 0 Å². The molecule has 0 atom stereocenters. The van der Waals surface area contributed by atoms with Gasteiger partial charge >= 0.3 is 5.97 Å². The van der Waals surface area contributed by atoms with Gasteiger partial charge in [-0.1, -0.05) is 30.8 Å². The van der Waals surface area contributed by atoms with E-state index in [1.165, 1.54) is 12.0 Å². The van der Waals surface area contributed by atoms with Crippen LogP contribution in [0.2, 0.25) is 0 Å². The van der Waals surface area contributed by atoms with Crippen LogP contribution in [0.4, 0.5) is 0 Å². The molecule has 0 aliphatic carbocycles. The molecule has 0 spiro atoms. The van der Waals surface area contributed by atoms with Gasteiger partial charge in [-0.3, -0.25) is 0 Å². The molecule has 0 N–H and O–H groups in total. The minimum atomic E-state index is -0.327. The van der Waals surface area contributed by atoms with E-state index in [0.717, 1.165) is 16.7 Å². The molecule has 0 radical (unpaired) electrons. The predicted octanol–water partition coefficient (Wildman–Crippen LogP) is 4.26. The van der Waals surface area contributed by atoms with Crippen LogP contribution >= 0.6 is 11.8 Å². The van der Waals surface area contributed by atoms with E-state index in [2.05, 4.69) is 41.8 Å². The second-order valence-corrected chi connectivity index (χ2v) is 5.16. The summed E-state index contributed by atoms with van der Waals surface area (Å²) in [6.45, 7) is 4.12. The van der Waals surface area contributed by atoms with E-state index in [1.54, 1.807) is 23.9 Å². The average Bonchev–Trinajstić information content (AvgIpc) is 2.53. The monoisotopic (exact) mass is 284 g/mol. The van der Waals surface area contributed by atoms with Crippen molar-refractivity contribution in [3.05, 3.63) is 71.8 Å². The Morgan fingerprint density at radius 1 is 0.950 bits per heavy atom. The van der Waals surface area contributed by atoms with Crippen molar-refractivity contribution in [2.24, 2.45) is 0 Å². The van der Waals surface area contributed by atoms with Crippen LogP contribution in [0.5, 0.6) is 0 Å². The molecule has 0 saturated heterocycles. The molecule has 0 aromatic heterocycles. The number of benzene rings is 2. The lowest BCUT2D eigenvalue weighted by atomic mass is 9.99. The number of esters is 1. The third kappa shape index (κ3) is 3.11. The molecule has 20 heavy (non-hydrogen) atoms. The molecule has 0 aliphatic rings.